The van der Waals surface area contributed by atoms with Crippen LogP contribution >= 0.6 is 0 Å². The minimum Gasteiger partial charge on any atom is -0.504 e. The lowest BCUT2D eigenvalue weighted by Crippen LogP contribution is -2.23. The van der Waals surface area contributed by atoms with Crippen molar-refractivity contribution in [3.05, 3.63) is 94.1 Å². The van der Waals surface area contributed by atoms with E-state index in [0.717, 1.165) is 57.5 Å². The van der Waals surface area contributed by atoms with Gasteiger partial charge in [-0.1, -0.05) is 25.5 Å². The first-order valence-electron chi connectivity index (χ1n) is 11.7. The summed E-state index contributed by atoms with van der Waals surface area (Å²) >= 11 is 0. The van der Waals surface area contributed by atoms with Gasteiger partial charge in [-0.3, -0.25) is 9.78 Å². The number of hydrogen-bond donors (Lipinski definition) is 2. The minimum atomic E-state index is -0.347. The number of halogens is 1. The maximum Gasteiger partial charge on any atom is 0.224 e. The molecule has 0 fully saturated rings. The lowest BCUT2D eigenvalue weighted by molar-refractivity contribution is -0.120. The van der Waals surface area contributed by atoms with Crippen LogP contribution in [0.3, 0.4) is 0 Å². The number of rotatable bonds is 8. The van der Waals surface area contributed by atoms with Gasteiger partial charge >= 0.3 is 0 Å². The molecule has 35 heavy (non-hydrogen) atoms. The molecule has 4 rings (SSSR count). The highest BCUT2D eigenvalue weighted by molar-refractivity contribution is 6.08. The summed E-state index contributed by atoms with van der Waals surface area (Å²) in [6, 6.07) is 14.0. The molecule has 1 aromatic heterocycles. The van der Waals surface area contributed by atoms with Gasteiger partial charge in [-0.05, 0) is 94.8 Å². The van der Waals surface area contributed by atoms with Gasteiger partial charge in [-0.25, -0.2) is 4.39 Å². The standard InChI is InChI=1S/C29H29FN2O3/c1-4-7-20-12-19(14-27(35-3)29(20)34)13-24-18(2)25(26-15-21(30)9-10-23(24)26)16-28(33)32-17-22-8-5-6-11-31-22/h5-6,8-15,34H,4,7,16-17H2,1-3H3,(H,32,33)/b24-13-. The molecular formula is C29H29FN2O3. The fourth-order valence-electron chi connectivity index (χ4n) is 4.45. The summed E-state index contributed by atoms with van der Waals surface area (Å²) in [4.78, 5) is 17.0. The monoisotopic (exact) mass is 472 g/mol. The molecule has 5 nitrogen and oxygen atoms in total. The van der Waals surface area contributed by atoms with Crippen molar-refractivity contribution in [1.29, 1.82) is 0 Å². The molecule has 0 aliphatic heterocycles. The summed E-state index contributed by atoms with van der Waals surface area (Å²) in [5.74, 6) is 0.0672. The lowest BCUT2D eigenvalue weighted by atomic mass is 9.98. The number of allylic oxidation sites excluding steroid dienone is 2. The third-order valence-electron chi connectivity index (χ3n) is 6.21. The van der Waals surface area contributed by atoms with E-state index in [1.807, 2.05) is 37.3 Å². The number of fused-ring (bicyclic) bond motifs is 1. The molecule has 1 amide bonds. The number of nitrogens with zero attached hydrogens (tertiary/aromatic N) is 1. The lowest BCUT2D eigenvalue weighted by Gasteiger charge is -2.11. The second kappa shape index (κ2) is 10.6. The Morgan fingerprint density at radius 2 is 2.00 bits per heavy atom. The number of pyridine rings is 1. The predicted octanol–water partition coefficient (Wildman–Crippen LogP) is 5.92. The van der Waals surface area contributed by atoms with Crippen LogP contribution in [-0.4, -0.2) is 23.1 Å². The van der Waals surface area contributed by atoms with Crippen molar-refractivity contribution in [3.63, 3.8) is 0 Å². The Morgan fingerprint density at radius 3 is 2.71 bits per heavy atom. The van der Waals surface area contributed by atoms with E-state index in [0.29, 0.717) is 12.3 Å². The van der Waals surface area contributed by atoms with E-state index in [2.05, 4.69) is 17.2 Å². The molecule has 3 aromatic rings. The van der Waals surface area contributed by atoms with Crippen molar-refractivity contribution in [3.8, 4) is 11.5 Å². The van der Waals surface area contributed by atoms with Crippen molar-refractivity contribution >= 4 is 23.1 Å². The summed E-state index contributed by atoms with van der Waals surface area (Å²) in [6.45, 7) is 4.34. The quantitative estimate of drug-likeness (QED) is 0.427. The van der Waals surface area contributed by atoms with Crippen LogP contribution in [0.1, 0.15) is 54.6 Å². The number of phenols is 1. The van der Waals surface area contributed by atoms with Gasteiger partial charge < -0.3 is 15.2 Å². The summed E-state index contributed by atoms with van der Waals surface area (Å²) in [5.41, 5.74) is 6.69. The van der Waals surface area contributed by atoms with Gasteiger partial charge in [0.25, 0.3) is 0 Å². The van der Waals surface area contributed by atoms with Crippen molar-refractivity contribution < 1.29 is 19.0 Å². The highest BCUT2D eigenvalue weighted by Crippen LogP contribution is 2.44. The maximum absolute atomic E-state index is 14.2. The first-order valence-corrected chi connectivity index (χ1v) is 11.7. The Kier molecular flexibility index (Phi) is 7.30. The van der Waals surface area contributed by atoms with E-state index in [-0.39, 0.29) is 23.9 Å². The predicted molar refractivity (Wildman–Crippen MR) is 136 cm³/mol. The Bertz CT molecular complexity index is 1310. The molecule has 0 saturated heterocycles. The van der Waals surface area contributed by atoms with Gasteiger partial charge in [0.1, 0.15) is 5.82 Å². The van der Waals surface area contributed by atoms with Gasteiger partial charge in [0, 0.05) is 6.20 Å². The molecule has 0 spiro atoms. The summed E-state index contributed by atoms with van der Waals surface area (Å²) in [6.07, 6.45) is 5.43. The van der Waals surface area contributed by atoms with Crippen molar-refractivity contribution in [2.24, 2.45) is 0 Å². The van der Waals surface area contributed by atoms with Crippen LogP contribution in [-0.2, 0) is 17.8 Å². The van der Waals surface area contributed by atoms with Gasteiger partial charge in [0.2, 0.25) is 5.91 Å². The highest BCUT2D eigenvalue weighted by atomic mass is 19.1. The first kappa shape index (κ1) is 24.2. The second-order valence-corrected chi connectivity index (χ2v) is 8.61. The van der Waals surface area contributed by atoms with E-state index in [9.17, 15) is 14.3 Å². The van der Waals surface area contributed by atoms with Crippen molar-refractivity contribution in [2.45, 2.75) is 39.7 Å². The molecule has 0 atom stereocenters. The van der Waals surface area contributed by atoms with Crippen molar-refractivity contribution in [2.75, 3.05) is 7.11 Å². The number of aryl methyl sites for hydroxylation is 1. The van der Waals surface area contributed by atoms with Crippen LogP contribution in [0.25, 0.3) is 17.2 Å². The topological polar surface area (TPSA) is 71.5 Å². The fraction of sp³-hybridized carbons (Fsp3) is 0.241. The average Bonchev–Trinajstić information content (AvgIpc) is 3.10. The summed E-state index contributed by atoms with van der Waals surface area (Å²) in [7, 11) is 1.53. The Labute approximate surface area is 205 Å². The molecule has 180 valence electrons. The Morgan fingerprint density at radius 1 is 1.17 bits per heavy atom. The molecular weight excluding hydrogens is 443 g/mol. The smallest absolute Gasteiger partial charge is 0.224 e. The SMILES string of the molecule is CCCc1cc(/C=C2/C(C)=C(CC(=O)NCc3ccccn3)c3cc(F)ccc32)cc(OC)c1O. The van der Waals surface area contributed by atoms with E-state index >= 15 is 0 Å². The molecule has 0 saturated carbocycles. The number of benzene rings is 2. The molecule has 0 radical (unpaired) electrons. The Balaban J connectivity index is 1.68. The minimum absolute atomic E-state index is 0.131. The van der Waals surface area contributed by atoms with E-state index < -0.39 is 0 Å². The largest absolute Gasteiger partial charge is 0.504 e. The third-order valence-corrected chi connectivity index (χ3v) is 6.21. The number of amides is 1. The number of ether oxygens (including phenoxy) is 1. The molecule has 6 heteroatoms. The number of phenolic OH excluding ortho intramolecular Hbond substituents is 1. The highest BCUT2D eigenvalue weighted by Gasteiger charge is 2.26. The number of nitrogens with one attached hydrogen (secondary N) is 1. The fourth-order valence-corrected chi connectivity index (χ4v) is 4.45. The van der Waals surface area contributed by atoms with Crippen LogP contribution in [0.4, 0.5) is 4.39 Å². The van der Waals surface area contributed by atoms with Gasteiger partial charge in [-0.15, -0.1) is 0 Å². The molecule has 2 N–H and O–H groups in total. The van der Waals surface area contributed by atoms with E-state index in [1.54, 1.807) is 18.3 Å². The number of carbonyl (C=O) groups is 1. The van der Waals surface area contributed by atoms with Crippen LogP contribution in [0.2, 0.25) is 0 Å². The van der Waals surface area contributed by atoms with Crippen molar-refractivity contribution in [1.82, 2.24) is 10.3 Å². The summed E-state index contributed by atoms with van der Waals surface area (Å²) < 4.78 is 19.6. The number of aromatic nitrogens is 1. The van der Waals surface area contributed by atoms with Gasteiger partial charge in [-0.2, -0.15) is 0 Å². The zero-order valence-electron chi connectivity index (χ0n) is 20.2. The number of methoxy groups -OCH3 is 1. The Hall–Kier alpha value is -3.93. The number of aromatic hydroxyl groups is 1. The normalized spacial score (nSPS) is 13.8. The molecule has 1 aliphatic rings. The van der Waals surface area contributed by atoms with Crippen LogP contribution in [0, 0.1) is 5.82 Å². The zero-order valence-corrected chi connectivity index (χ0v) is 20.2. The number of hydrogen-bond acceptors (Lipinski definition) is 4. The maximum atomic E-state index is 14.2. The zero-order chi connectivity index (χ0) is 24.9. The average molecular weight is 473 g/mol. The molecule has 0 unspecified atom stereocenters. The van der Waals surface area contributed by atoms with E-state index in [1.165, 1.54) is 19.2 Å². The van der Waals surface area contributed by atoms with E-state index in [4.69, 9.17) is 4.74 Å². The van der Waals surface area contributed by atoms with Crippen LogP contribution in [0.15, 0.2) is 60.3 Å². The first-order chi connectivity index (χ1) is 16.9. The molecule has 1 heterocycles. The van der Waals surface area contributed by atoms with Crippen LogP contribution < -0.4 is 10.1 Å². The van der Waals surface area contributed by atoms with Crippen LogP contribution in [0.5, 0.6) is 11.5 Å². The van der Waals surface area contributed by atoms with Gasteiger partial charge in [0.15, 0.2) is 11.5 Å². The molecule has 0 bridgehead atoms. The number of carbonyl (C=O) groups excluding carboxylic acids is 1. The second-order valence-electron chi connectivity index (χ2n) is 8.61. The summed E-state index contributed by atoms with van der Waals surface area (Å²) in [5, 5.41) is 13.4. The van der Waals surface area contributed by atoms with Gasteiger partial charge in [0.05, 0.1) is 25.8 Å². The molecule has 1 aliphatic carbocycles. The third kappa shape index (κ3) is 5.27. The molecule has 2 aromatic carbocycles.